The molecule has 2 aliphatic carbocycles. The van der Waals surface area contributed by atoms with Crippen LogP contribution in [0.15, 0.2) is 87.3 Å². The van der Waals surface area contributed by atoms with Gasteiger partial charge in [-0.25, -0.2) is 4.90 Å². The number of aliphatic hydroxyl groups is 1. The monoisotopic (exact) mass is 614 g/mol. The second kappa shape index (κ2) is 9.36. The lowest BCUT2D eigenvalue weighted by atomic mass is 9.52. The Morgan fingerprint density at radius 2 is 1.59 bits per heavy atom. The number of carbonyl (C=O) groups is 4. The van der Waals surface area contributed by atoms with Gasteiger partial charge in [-0.1, -0.05) is 45.8 Å². The Hall–Kier alpha value is -3.82. The standard InChI is InChI=1S/C32H27BrN2O6/c1-32-24(29(38)35(31(32)40)18-5-3-2-4-6-18)15-23-21(27(32)25-14-11-20(16-36)41-25)12-13-22-26(23)30(39)34(28(22)37)19-9-7-17(33)8-10-19/h2-12,14,22-24,26-27,36H,13,15-16H2,1H3. The lowest BCUT2D eigenvalue weighted by molar-refractivity contribution is -0.131. The minimum Gasteiger partial charge on any atom is -0.463 e. The van der Waals surface area contributed by atoms with Gasteiger partial charge in [0.25, 0.3) is 0 Å². The lowest BCUT2D eigenvalue weighted by Crippen LogP contribution is -2.48. The summed E-state index contributed by atoms with van der Waals surface area (Å²) in [6.07, 6.45) is 2.61. The second-order valence-electron chi connectivity index (χ2n) is 11.4. The van der Waals surface area contributed by atoms with Crippen LogP contribution in [0.2, 0.25) is 0 Å². The van der Waals surface area contributed by atoms with Crippen molar-refractivity contribution < 1.29 is 28.7 Å². The van der Waals surface area contributed by atoms with Crippen LogP contribution >= 0.6 is 15.9 Å². The van der Waals surface area contributed by atoms with Crippen molar-refractivity contribution in [2.75, 3.05) is 9.80 Å². The molecule has 4 aliphatic rings. The normalized spacial score (nSPS) is 30.8. The summed E-state index contributed by atoms with van der Waals surface area (Å²) < 4.78 is 6.88. The molecular formula is C32H27BrN2O6. The maximum atomic E-state index is 14.3. The first-order valence-electron chi connectivity index (χ1n) is 13.7. The van der Waals surface area contributed by atoms with E-state index in [0.717, 1.165) is 10.0 Å². The number of fused-ring (bicyclic) bond motifs is 4. The van der Waals surface area contributed by atoms with E-state index in [2.05, 4.69) is 15.9 Å². The summed E-state index contributed by atoms with van der Waals surface area (Å²) in [5.74, 6) is -3.35. The SMILES string of the molecule is CC12C(=O)N(c3ccccc3)C(=O)C1CC1C(=CCC3C(=O)N(c4ccc(Br)cc4)C(=O)C31)C2c1ccc(CO)o1. The van der Waals surface area contributed by atoms with Gasteiger partial charge < -0.3 is 9.52 Å². The van der Waals surface area contributed by atoms with Crippen molar-refractivity contribution in [3.63, 3.8) is 0 Å². The zero-order valence-corrected chi connectivity index (χ0v) is 23.8. The van der Waals surface area contributed by atoms with Gasteiger partial charge in [-0.3, -0.25) is 24.1 Å². The molecule has 2 aliphatic heterocycles. The summed E-state index contributed by atoms with van der Waals surface area (Å²) in [5.41, 5.74) is 0.677. The molecule has 3 aromatic rings. The Labute approximate surface area is 244 Å². The Bertz CT molecular complexity index is 1630. The summed E-state index contributed by atoms with van der Waals surface area (Å²) in [6.45, 7) is 1.50. The molecule has 3 heterocycles. The minimum absolute atomic E-state index is 0.247. The van der Waals surface area contributed by atoms with Gasteiger partial charge in [0.05, 0.1) is 40.5 Å². The van der Waals surface area contributed by atoms with Crippen LogP contribution in [0.1, 0.15) is 37.2 Å². The first kappa shape index (κ1) is 26.1. The molecule has 208 valence electrons. The number of hydrogen-bond donors (Lipinski definition) is 1. The molecule has 7 rings (SSSR count). The number of furan rings is 1. The van der Waals surface area contributed by atoms with Crippen molar-refractivity contribution in [3.05, 3.63) is 94.4 Å². The van der Waals surface area contributed by atoms with E-state index in [1.165, 1.54) is 9.80 Å². The molecular weight excluding hydrogens is 588 g/mol. The van der Waals surface area contributed by atoms with Crippen LogP contribution in [-0.4, -0.2) is 28.7 Å². The second-order valence-corrected chi connectivity index (χ2v) is 12.4. The Balaban J connectivity index is 1.35. The number of rotatable bonds is 4. The maximum Gasteiger partial charge on any atom is 0.241 e. The quantitative estimate of drug-likeness (QED) is 0.328. The van der Waals surface area contributed by atoms with E-state index >= 15 is 0 Å². The van der Waals surface area contributed by atoms with Gasteiger partial charge in [0.15, 0.2) is 0 Å². The lowest BCUT2D eigenvalue weighted by Gasteiger charge is -2.48. The summed E-state index contributed by atoms with van der Waals surface area (Å²) in [7, 11) is 0. The number of hydrogen-bond acceptors (Lipinski definition) is 6. The first-order valence-corrected chi connectivity index (χ1v) is 14.5. The molecule has 0 radical (unpaired) electrons. The number of allylic oxidation sites excluding steroid dienone is 2. The highest BCUT2D eigenvalue weighted by Crippen LogP contribution is 2.63. The average Bonchev–Trinajstić information content (AvgIpc) is 3.61. The number of benzene rings is 2. The van der Waals surface area contributed by atoms with Crippen LogP contribution in [-0.2, 0) is 25.8 Å². The first-order chi connectivity index (χ1) is 19.8. The summed E-state index contributed by atoms with van der Waals surface area (Å²) in [5, 5.41) is 9.73. The largest absolute Gasteiger partial charge is 0.463 e. The topological polar surface area (TPSA) is 108 Å². The fraction of sp³-hybridized carbons (Fsp3) is 0.312. The molecule has 2 aromatic carbocycles. The fourth-order valence-corrected chi connectivity index (χ4v) is 7.88. The number of carbonyl (C=O) groups excluding carboxylic acids is 4. The highest BCUT2D eigenvalue weighted by Gasteiger charge is 2.68. The molecule has 9 heteroatoms. The molecule has 41 heavy (non-hydrogen) atoms. The van der Waals surface area contributed by atoms with Crippen LogP contribution < -0.4 is 9.80 Å². The highest BCUT2D eigenvalue weighted by atomic mass is 79.9. The van der Waals surface area contributed by atoms with Crippen molar-refractivity contribution in [2.24, 2.45) is 29.1 Å². The summed E-state index contributed by atoms with van der Waals surface area (Å²) in [6, 6.07) is 19.3. The van der Waals surface area contributed by atoms with Gasteiger partial charge in [0.2, 0.25) is 23.6 Å². The predicted molar refractivity (Wildman–Crippen MR) is 152 cm³/mol. The third kappa shape index (κ3) is 3.61. The Morgan fingerprint density at radius 1 is 0.878 bits per heavy atom. The van der Waals surface area contributed by atoms with Gasteiger partial charge in [0, 0.05) is 4.47 Å². The summed E-state index contributed by atoms with van der Waals surface area (Å²) >= 11 is 3.41. The van der Waals surface area contributed by atoms with E-state index in [1.54, 1.807) is 60.7 Å². The van der Waals surface area contributed by atoms with E-state index in [9.17, 15) is 24.3 Å². The molecule has 4 amide bonds. The maximum absolute atomic E-state index is 14.3. The molecule has 1 aromatic heterocycles. The third-order valence-electron chi connectivity index (χ3n) is 9.50. The smallest absolute Gasteiger partial charge is 0.241 e. The van der Waals surface area contributed by atoms with E-state index in [4.69, 9.17) is 4.42 Å². The van der Waals surface area contributed by atoms with Crippen LogP contribution in [0.25, 0.3) is 0 Å². The molecule has 0 spiro atoms. The van der Waals surface area contributed by atoms with E-state index in [0.29, 0.717) is 29.3 Å². The fourth-order valence-electron chi connectivity index (χ4n) is 7.62. The van der Waals surface area contributed by atoms with Crippen LogP contribution in [0, 0.1) is 29.1 Å². The molecule has 6 unspecified atom stereocenters. The molecule has 1 saturated carbocycles. The minimum atomic E-state index is -1.18. The molecule has 1 N–H and O–H groups in total. The van der Waals surface area contributed by atoms with Crippen LogP contribution in [0.3, 0.4) is 0 Å². The zero-order chi connectivity index (χ0) is 28.6. The number of aliphatic hydroxyl groups excluding tert-OH is 1. The Morgan fingerprint density at radius 3 is 2.27 bits per heavy atom. The molecule has 3 fully saturated rings. The number of nitrogens with zero attached hydrogens (tertiary/aromatic N) is 2. The summed E-state index contributed by atoms with van der Waals surface area (Å²) in [4.78, 5) is 58.5. The molecule has 6 atom stereocenters. The third-order valence-corrected chi connectivity index (χ3v) is 10.0. The van der Waals surface area contributed by atoms with Crippen molar-refractivity contribution in [1.29, 1.82) is 0 Å². The van der Waals surface area contributed by atoms with E-state index in [-0.39, 0.29) is 36.7 Å². The van der Waals surface area contributed by atoms with Gasteiger partial charge in [-0.05, 0) is 74.2 Å². The average molecular weight is 615 g/mol. The number of amides is 4. The number of para-hydroxylation sites is 1. The van der Waals surface area contributed by atoms with E-state index in [1.807, 2.05) is 19.1 Å². The van der Waals surface area contributed by atoms with Crippen LogP contribution in [0.5, 0.6) is 0 Å². The van der Waals surface area contributed by atoms with Crippen molar-refractivity contribution in [1.82, 2.24) is 0 Å². The highest BCUT2D eigenvalue weighted by molar-refractivity contribution is 9.10. The van der Waals surface area contributed by atoms with Crippen LogP contribution in [0.4, 0.5) is 11.4 Å². The number of anilines is 2. The molecule has 2 saturated heterocycles. The molecule has 8 nitrogen and oxygen atoms in total. The van der Waals surface area contributed by atoms with E-state index < -0.39 is 35.0 Å². The van der Waals surface area contributed by atoms with Gasteiger partial charge in [-0.2, -0.15) is 0 Å². The van der Waals surface area contributed by atoms with Gasteiger partial charge >= 0.3 is 0 Å². The Kier molecular flexibility index (Phi) is 5.96. The molecule has 0 bridgehead atoms. The van der Waals surface area contributed by atoms with Crippen molar-refractivity contribution >= 4 is 50.9 Å². The number of halogens is 1. The van der Waals surface area contributed by atoms with Crippen molar-refractivity contribution in [2.45, 2.75) is 32.3 Å². The van der Waals surface area contributed by atoms with Gasteiger partial charge in [-0.15, -0.1) is 0 Å². The number of imide groups is 2. The van der Waals surface area contributed by atoms with Crippen molar-refractivity contribution in [3.8, 4) is 0 Å². The van der Waals surface area contributed by atoms with Gasteiger partial charge in [0.1, 0.15) is 18.1 Å². The zero-order valence-electron chi connectivity index (χ0n) is 22.2. The predicted octanol–water partition coefficient (Wildman–Crippen LogP) is 4.97.